The predicted molar refractivity (Wildman–Crippen MR) is 270 cm³/mol. The van der Waals surface area contributed by atoms with E-state index in [1.807, 2.05) is 0 Å². The van der Waals surface area contributed by atoms with Crippen molar-refractivity contribution in [3.63, 3.8) is 0 Å². The third kappa shape index (κ3) is 49.7. The van der Waals surface area contributed by atoms with Gasteiger partial charge >= 0.3 is 17.9 Å². The van der Waals surface area contributed by atoms with Crippen molar-refractivity contribution in [2.45, 2.75) is 258 Å². The van der Waals surface area contributed by atoms with Crippen LogP contribution < -0.4 is 0 Å². The van der Waals surface area contributed by atoms with Gasteiger partial charge in [0.05, 0.1) is 6.85 Å². The quantitative estimate of drug-likeness (QED) is 0.0262. The Morgan fingerprint density at radius 3 is 0.921 bits per heavy atom. The molecule has 0 saturated carbocycles. The molecule has 0 aliphatic heterocycles. The van der Waals surface area contributed by atoms with Crippen LogP contribution in [0.15, 0.2) is 72.9 Å². The summed E-state index contributed by atoms with van der Waals surface area (Å²) in [6.07, 6.45) is 54.8. The van der Waals surface area contributed by atoms with Gasteiger partial charge in [-0.25, -0.2) is 0 Å². The molecule has 6 nitrogen and oxygen atoms in total. The molecule has 0 atom stereocenters. The molecule has 0 radical (unpaired) electrons. The number of carbonyl (C=O) groups excluding carboxylic acids is 3. The average Bonchev–Trinajstić information content (AvgIpc) is 3.29. The molecule has 0 aliphatic rings. The van der Waals surface area contributed by atoms with Gasteiger partial charge in [-0.3, -0.25) is 14.4 Å². The smallest absolute Gasteiger partial charge is 0.306 e. The molecule has 0 spiro atoms. The Hall–Kier alpha value is -3.15. The summed E-state index contributed by atoms with van der Waals surface area (Å²) in [4.78, 5) is 39.0. The second kappa shape index (κ2) is 51.5. The minimum atomic E-state index is -3.52. The van der Waals surface area contributed by atoms with Crippen LogP contribution in [-0.4, -0.2) is 37.1 Å². The predicted octanol–water partition coefficient (Wildman–Crippen LogP) is 17.4. The van der Waals surface area contributed by atoms with Crippen LogP contribution in [-0.2, 0) is 28.6 Å². The summed E-state index contributed by atoms with van der Waals surface area (Å²) in [7, 11) is 0. The van der Waals surface area contributed by atoms with Crippen molar-refractivity contribution in [2.75, 3.05) is 13.1 Å². The lowest BCUT2D eigenvalue weighted by Crippen LogP contribution is -2.30. The molecule has 0 saturated heterocycles. The second-order valence-electron chi connectivity index (χ2n) is 16.9. The van der Waals surface area contributed by atoms with Gasteiger partial charge in [0.15, 0.2) is 6.08 Å². The summed E-state index contributed by atoms with van der Waals surface area (Å²) in [5.74, 6) is -3.02. The van der Waals surface area contributed by atoms with E-state index in [9.17, 15) is 14.4 Å². The van der Waals surface area contributed by atoms with Crippen LogP contribution >= 0.6 is 0 Å². The van der Waals surface area contributed by atoms with Crippen LogP contribution in [0.4, 0.5) is 0 Å². The summed E-state index contributed by atoms with van der Waals surface area (Å²) >= 11 is 0. The van der Waals surface area contributed by atoms with Crippen LogP contribution in [0.2, 0.25) is 0 Å². The van der Waals surface area contributed by atoms with E-state index in [2.05, 4.69) is 93.7 Å². The van der Waals surface area contributed by atoms with Gasteiger partial charge in [0.25, 0.3) is 0 Å². The van der Waals surface area contributed by atoms with Crippen LogP contribution in [0, 0.1) is 0 Å². The lowest BCUT2D eigenvalue weighted by atomic mass is 10.1. The lowest BCUT2D eigenvalue weighted by molar-refractivity contribution is -0.167. The minimum absolute atomic E-state index is 0.157. The molecular weight excluding hydrogens is 781 g/mol. The molecule has 362 valence electrons. The Kier molecular flexibility index (Phi) is 41.5. The largest absolute Gasteiger partial charge is 0.462 e. The summed E-state index contributed by atoms with van der Waals surface area (Å²) in [6, 6.07) is 0. The Morgan fingerprint density at radius 2 is 0.619 bits per heavy atom. The molecule has 0 aromatic heterocycles. The van der Waals surface area contributed by atoms with Crippen LogP contribution in [0.3, 0.4) is 0 Å². The Labute approximate surface area is 396 Å². The topological polar surface area (TPSA) is 78.9 Å². The Morgan fingerprint density at radius 1 is 0.365 bits per heavy atom. The maximum atomic E-state index is 13.1. The molecular formula is C57H98O6. The molecule has 0 aromatic rings. The fourth-order valence-corrected chi connectivity index (χ4v) is 6.78. The first-order chi connectivity index (χ1) is 32.9. The second-order valence-corrected chi connectivity index (χ2v) is 16.9. The van der Waals surface area contributed by atoms with Gasteiger partial charge < -0.3 is 14.2 Å². The van der Waals surface area contributed by atoms with E-state index >= 15 is 0 Å². The Bertz CT molecular complexity index is 1350. The maximum Gasteiger partial charge on any atom is 0.306 e. The third-order valence-electron chi connectivity index (χ3n) is 10.7. The van der Waals surface area contributed by atoms with Crippen LogP contribution in [0.25, 0.3) is 0 Å². The van der Waals surface area contributed by atoms with Gasteiger partial charge in [-0.2, -0.15) is 0 Å². The van der Waals surface area contributed by atoms with E-state index in [4.69, 9.17) is 21.1 Å². The number of carbonyl (C=O) groups is 3. The normalized spacial score (nSPS) is 14.0. The molecule has 0 aromatic carbocycles. The molecule has 0 heterocycles. The van der Waals surface area contributed by atoms with Gasteiger partial charge in [0.1, 0.15) is 13.1 Å². The number of hydrogen-bond acceptors (Lipinski definition) is 6. The SMILES string of the molecule is [2H]C([2H])(OC(=O)CCCCCCC/C=C\C/C=C\CCCCC)C([2H])(OC(=O)CCCCCCC/C=C\C/C=C\CCCCC)C([2H])([2H])OC(=O)CCCCCCC/C=C\C/C=C\CCCCC. The monoisotopic (exact) mass is 884 g/mol. The van der Waals surface area contributed by atoms with E-state index in [0.717, 1.165) is 116 Å². The number of hydrogen-bond donors (Lipinski definition) is 0. The summed E-state index contributed by atoms with van der Waals surface area (Å²) in [5.41, 5.74) is 0. The van der Waals surface area contributed by atoms with Gasteiger partial charge in [0.2, 0.25) is 0 Å². The van der Waals surface area contributed by atoms with Crippen LogP contribution in [0.5, 0.6) is 0 Å². The van der Waals surface area contributed by atoms with Crippen molar-refractivity contribution in [1.82, 2.24) is 0 Å². The van der Waals surface area contributed by atoms with E-state index in [-0.39, 0.29) is 19.3 Å². The van der Waals surface area contributed by atoms with Gasteiger partial charge in [0, 0.05) is 19.3 Å². The third-order valence-corrected chi connectivity index (χ3v) is 10.7. The minimum Gasteiger partial charge on any atom is -0.462 e. The van der Waals surface area contributed by atoms with Gasteiger partial charge in [-0.05, 0) is 116 Å². The fraction of sp³-hybridized carbons (Fsp3) is 0.737. The zero-order valence-electron chi connectivity index (χ0n) is 45.8. The summed E-state index contributed by atoms with van der Waals surface area (Å²) in [6.45, 7) is -0.327. The standard InChI is InChI=1S/C57H98O6/c1-4-7-10-13-16-19-22-25-28-31-34-37-40-43-46-49-55(58)61-52-54(63-57(60)51-48-45-42-39-36-33-30-27-24-21-18-15-12-9-6-3)53-62-56(59)50-47-44-41-38-35-32-29-26-23-20-17-14-11-8-5-2/h16-21,25-30,54H,4-15,22-24,31-53H2,1-3H3/b19-16-,20-17-,21-18-,28-25-,29-26-,30-27-/i52D2,53D2,54D. The molecule has 0 N–H and O–H groups in total. The molecule has 0 fully saturated rings. The first-order valence-electron chi connectivity index (χ1n) is 28.4. The first-order valence-corrected chi connectivity index (χ1v) is 25.9. The lowest BCUT2D eigenvalue weighted by Gasteiger charge is -2.18. The molecule has 0 rings (SSSR count). The van der Waals surface area contributed by atoms with Crippen molar-refractivity contribution >= 4 is 17.9 Å². The van der Waals surface area contributed by atoms with Crippen molar-refractivity contribution in [1.29, 1.82) is 0 Å². The molecule has 0 bridgehead atoms. The van der Waals surface area contributed by atoms with Crippen molar-refractivity contribution in [3.05, 3.63) is 72.9 Å². The van der Waals surface area contributed by atoms with Gasteiger partial charge in [-0.15, -0.1) is 0 Å². The van der Waals surface area contributed by atoms with E-state index < -0.39 is 37.1 Å². The molecule has 0 aliphatic carbocycles. The highest BCUT2D eigenvalue weighted by Crippen LogP contribution is 2.13. The highest BCUT2D eigenvalue weighted by Gasteiger charge is 2.19. The molecule has 6 heteroatoms. The highest BCUT2D eigenvalue weighted by molar-refractivity contribution is 5.71. The molecule has 0 unspecified atom stereocenters. The Balaban J connectivity index is 5.11. The van der Waals surface area contributed by atoms with E-state index in [0.29, 0.717) is 38.5 Å². The number of allylic oxidation sites excluding steroid dienone is 12. The number of rotatable bonds is 47. The first kappa shape index (κ1) is 50.8. The van der Waals surface area contributed by atoms with Crippen molar-refractivity contribution in [3.8, 4) is 0 Å². The zero-order valence-corrected chi connectivity index (χ0v) is 40.8. The highest BCUT2D eigenvalue weighted by atomic mass is 16.6. The fourth-order valence-electron chi connectivity index (χ4n) is 6.78. The average molecular weight is 884 g/mol. The molecule has 63 heavy (non-hydrogen) atoms. The van der Waals surface area contributed by atoms with Gasteiger partial charge in [-0.1, -0.05) is 190 Å². The van der Waals surface area contributed by atoms with E-state index in [1.165, 1.54) is 57.8 Å². The maximum absolute atomic E-state index is 13.1. The molecule has 0 amide bonds. The van der Waals surface area contributed by atoms with E-state index in [1.54, 1.807) is 0 Å². The van der Waals surface area contributed by atoms with Crippen LogP contribution in [0.1, 0.15) is 259 Å². The zero-order chi connectivity index (χ0) is 50.3. The number of ether oxygens (including phenoxy) is 3. The van der Waals surface area contributed by atoms with Crippen molar-refractivity contribution < 1.29 is 35.4 Å². The number of unbranched alkanes of at least 4 members (excludes halogenated alkanes) is 24. The number of esters is 3. The summed E-state index contributed by atoms with van der Waals surface area (Å²) in [5, 5.41) is 0. The van der Waals surface area contributed by atoms with Crippen molar-refractivity contribution in [2.24, 2.45) is 0 Å². The summed E-state index contributed by atoms with van der Waals surface area (Å²) < 4.78 is 58.8.